The molecule has 0 N–H and O–H groups in total. The van der Waals surface area contributed by atoms with Gasteiger partial charge in [-0.1, -0.05) is 37.8 Å². The predicted octanol–water partition coefficient (Wildman–Crippen LogP) is 5.95. The highest BCUT2D eigenvalue weighted by Crippen LogP contribution is 2.50. The molecule has 4 rings (SSSR count). The summed E-state index contributed by atoms with van der Waals surface area (Å²) in [7, 11) is 0. The highest BCUT2D eigenvalue weighted by atomic mass is 35.5. The van der Waals surface area contributed by atoms with E-state index in [2.05, 4.69) is 17.9 Å². The molecule has 2 saturated carbocycles. The number of nitro groups is 1. The lowest BCUT2D eigenvalue weighted by Gasteiger charge is -2.52. The molecule has 0 spiro atoms. The van der Waals surface area contributed by atoms with E-state index in [0.717, 1.165) is 37.8 Å². The van der Waals surface area contributed by atoms with Crippen LogP contribution in [0, 0.1) is 10.1 Å². The maximum absolute atomic E-state index is 11.7. The lowest BCUT2D eigenvalue weighted by atomic mass is 9.80. The molecule has 0 amide bonds. The van der Waals surface area contributed by atoms with Crippen LogP contribution in [0.3, 0.4) is 0 Å². The Balaban J connectivity index is 1.82. The Morgan fingerprint density at radius 1 is 1.26 bits per heavy atom. The fraction of sp³-hybridized carbons (Fsp3) is 0.619. The summed E-state index contributed by atoms with van der Waals surface area (Å²) in [6.07, 6.45) is 12.4. The lowest BCUT2D eigenvalue weighted by Crippen LogP contribution is -2.60. The fourth-order valence-corrected chi connectivity index (χ4v) is 5.46. The average Bonchev–Trinajstić information content (AvgIpc) is 2.67. The van der Waals surface area contributed by atoms with E-state index in [0.29, 0.717) is 16.8 Å². The number of hydrogen-bond donors (Lipinski definition) is 0. The zero-order valence-electron chi connectivity index (χ0n) is 15.9. The lowest BCUT2D eigenvalue weighted by molar-refractivity contribution is -0.386. The molecule has 146 valence electrons. The van der Waals surface area contributed by atoms with Crippen LogP contribution in [0.5, 0.6) is 5.75 Å². The highest BCUT2D eigenvalue weighted by Gasteiger charge is 2.49. The van der Waals surface area contributed by atoms with Gasteiger partial charge < -0.3 is 4.74 Å². The van der Waals surface area contributed by atoms with E-state index in [9.17, 15) is 10.1 Å². The van der Waals surface area contributed by atoms with Crippen molar-refractivity contribution in [2.75, 3.05) is 6.54 Å². The molecule has 5 nitrogen and oxygen atoms in total. The second-order valence-electron chi connectivity index (χ2n) is 7.94. The Morgan fingerprint density at radius 2 is 2.04 bits per heavy atom. The van der Waals surface area contributed by atoms with Crippen LogP contribution in [0.2, 0.25) is 5.02 Å². The van der Waals surface area contributed by atoms with Gasteiger partial charge in [-0.05, 0) is 56.4 Å². The first kappa shape index (κ1) is 18.8. The minimum atomic E-state index is -0.541. The van der Waals surface area contributed by atoms with Crippen LogP contribution in [-0.2, 0) is 0 Å². The normalized spacial score (nSPS) is 25.4. The summed E-state index contributed by atoms with van der Waals surface area (Å²) in [6, 6.07) is 3.68. The topological polar surface area (TPSA) is 55.6 Å². The highest BCUT2D eigenvalue weighted by molar-refractivity contribution is 6.31. The molecule has 1 aliphatic heterocycles. The minimum Gasteiger partial charge on any atom is -0.461 e. The quantitative estimate of drug-likeness (QED) is 0.471. The van der Waals surface area contributed by atoms with Gasteiger partial charge in [0.05, 0.1) is 4.92 Å². The van der Waals surface area contributed by atoms with Crippen LogP contribution in [0.4, 0.5) is 5.69 Å². The van der Waals surface area contributed by atoms with Crippen molar-refractivity contribution in [3.8, 4) is 5.75 Å². The van der Waals surface area contributed by atoms with Gasteiger partial charge in [0.2, 0.25) is 5.75 Å². The Bertz CT molecular complexity index is 773. The van der Waals surface area contributed by atoms with Crippen LogP contribution in [0.15, 0.2) is 17.7 Å². The van der Waals surface area contributed by atoms with E-state index in [-0.39, 0.29) is 10.6 Å². The number of rotatable bonds is 4. The molecule has 1 unspecified atom stereocenters. The number of ether oxygens (including phenoxy) is 1. The third-order valence-electron chi connectivity index (χ3n) is 6.39. The smallest absolute Gasteiger partial charge is 0.313 e. The SMILES string of the molecule is CCN(C1CCCCC1)C12CCCCC1=Cc1cc(Cl)cc([N+](=O)[O-])c1O2. The molecule has 1 heterocycles. The van der Waals surface area contributed by atoms with Crippen LogP contribution in [0.25, 0.3) is 6.08 Å². The molecular formula is C21H27ClN2O3. The average molecular weight is 391 g/mol. The monoisotopic (exact) mass is 390 g/mol. The molecule has 0 saturated heterocycles. The Labute approximate surface area is 165 Å². The van der Waals surface area contributed by atoms with Gasteiger partial charge >= 0.3 is 5.69 Å². The Hall–Kier alpha value is -1.59. The maximum atomic E-state index is 11.7. The number of nitro benzene ring substituents is 1. The van der Waals surface area contributed by atoms with E-state index in [1.807, 2.05) is 0 Å². The number of benzene rings is 1. The van der Waals surface area contributed by atoms with E-state index in [1.54, 1.807) is 6.07 Å². The number of halogens is 1. The predicted molar refractivity (Wildman–Crippen MR) is 107 cm³/mol. The summed E-state index contributed by atoms with van der Waals surface area (Å²) >= 11 is 6.15. The van der Waals surface area contributed by atoms with Gasteiger partial charge in [-0.2, -0.15) is 0 Å². The molecular weight excluding hydrogens is 364 g/mol. The summed E-state index contributed by atoms with van der Waals surface area (Å²) in [4.78, 5) is 13.8. The van der Waals surface area contributed by atoms with Gasteiger partial charge in [0.15, 0.2) is 5.72 Å². The fourth-order valence-electron chi connectivity index (χ4n) is 5.24. The first-order chi connectivity index (χ1) is 13.0. The van der Waals surface area contributed by atoms with Crippen molar-refractivity contribution in [1.82, 2.24) is 4.90 Å². The standard InChI is InChI=1S/C21H27ClN2O3/c1-2-23(18-9-4-3-5-10-18)21-11-7-6-8-16(21)12-15-13-17(22)14-19(24(25)26)20(15)27-21/h12-14,18H,2-11H2,1H3. The van der Waals surface area contributed by atoms with Crippen molar-refractivity contribution in [2.24, 2.45) is 0 Å². The molecule has 0 bridgehead atoms. The molecule has 1 aromatic rings. The minimum absolute atomic E-state index is 0.0301. The molecule has 1 aromatic carbocycles. The molecule has 3 aliphatic rings. The summed E-state index contributed by atoms with van der Waals surface area (Å²) in [6.45, 7) is 3.07. The molecule has 1 atom stereocenters. The van der Waals surface area contributed by atoms with Crippen molar-refractivity contribution < 1.29 is 9.66 Å². The van der Waals surface area contributed by atoms with Crippen LogP contribution in [-0.4, -0.2) is 28.1 Å². The zero-order chi connectivity index (χ0) is 19.0. The number of hydrogen-bond acceptors (Lipinski definition) is 4. The second-order valence-corrected chi connectivity index (χ2v) is 8.38. The molecule has 6 heteroatoms. The van der Waals surface area contributed by atoms with Gasteiger partial charge in [-0.15, -0.1) is 0 Å². The van der Waals surface area contributed by atoms with Crippen molar-refractivity contribution in [3.05, 3.63) is 38.4 Å². The maximum Gasteiger partial charge on any atom is 0.313 e. The molecule has 2 fully saturated rings. The van der Waals surface area contributed by atoms with Crippen molar-refractivity contribution in [2.45, 2.75) is 76.5 Å². The van der Waals surface area contributed by atoms with Gasteiger partial charge in [0, 0.05) is 29.1 Å². The van der Waals surface area contributed by atoms with Gasteiger partial charge in [-0.25, -0.2) is 0 Å². The van der Waals surface area contributed by atoms with Crippen molar-refractivity contribution in [1.29, 1.82) is 0 Å². The van der Waals surface area contributed by atoms with E-state index >= 15 is 0 Å². The first-order valence-corrected chi connectivity index (χ1v) is 10.6. The Kier molecular flexibility index (Phi) is 5.17. The molecule has 0 radical (unpaired) electrons. The second kappa shape index (κ2) is 7.44. The largest absolute Gasteiger partial charge is 0.461 e. The number of fused-ring (bicyclic) bond motifs is 2. The van der Waals surface area contributed by atoms with Crippen molar-refractivity contribution in [3.63, 3.8) is 0 Å². The first-order valence-electron chi connectivity index (χ1n) is 10.2. The van der Waals surface area contributed by atoms with E-state index in [1.165, 1.54) is 43.7 Å². The van der Waals surface area contributed by atoms with Gasteiger partial charge in [0.1, 0.15) is 0 Å². The zero-order valence-corrected chi connectivity index (χ0v) is 16.6. The van der Waals surface area contributed by atoms with Gasteiger partial charge in [-0.3, -0.25) is 15.0 Å². The third-order valence-corrected chi connectivity index (χ3v) is 6.61. The van der Waals surface area contributed by atoms with Crippen LogP contribution < -0.4 is 4.74 Å². The summed E-state index contributed by atoms with van der Waals surface area (Å²) in [5.74, 6) is 0.379. The summed E-state index contributed by atoms with van der Waals surface area (Å²) in [5, 5.41) is 12.0. The van der Waals surface area contributed by atoms with Crippen molar-refractivity contribution >= 4 is 23.4 Å². The molecule has 0 aromatic heterocycles. The Morgan fingerprint density at radius 3 is 2.74 bits per heavy atom. The molecule has 27 heavy (non-hydrogen) atoms. The molecule has 2 aliphatic carbocycles. The summed E-state index contributed by atoms with van der Waals surface area (Å²) < 4.78 is 6.63. The van der Waals surface area contributed by atoms with Crippen LogP contribution in [0.1, 0.15) is 70.3 Å². The van der Waals surface area contributed by atoms with Crippen LogP contribution >= 0.6 is 11.6 Å². The summed E-state index contributed by atoms with van der Waals surface area (Å²) in [5.41, 5.74) is 1.42. The van der Waals surface area contributed by atoms with E-state index in [4.69, 9.17) is 16.3 Å². The number of nitrogens with zero attached hydrogens (tertiary/aromatic N) is 2. The van der Waals surface area contributed by atoms with Gasteiger partial charge in [0.25, 0.3) is 0 Å². The number of likely N-dealkylation sites (N-methyl/N-ethyl adjacent to an activating group) is 1. The van der Waals surface area contributed by atoms with E-state index < -0.39 is 5.72 Å². The third kappa shape index (κ3) is 3.25.